The lowest BCUT2D eigenvalue weighted by atomic mass is 9.97. The van der Waals surface area contributed by atoms with Gasteiger partial charge in [-0.1, -0.05) is 28.9 Å². The molecule has 1 aromatic carbocycles. The number of carbonyl (C=O) groups is 1. The summed E-state index contributed by atoms with van der Waals surface area (Å²) >= 11 is 6.01. The van der Waals surface area contributed by atoms with Gasteiger partial charge in [0.2, 0.25) is 11.7 Å². The van der Waals surface area contributed by atoms with Crippen molar-refractivity contribution in [2.45, 2.75) is 18.8 Å². The number of furan rings is 1. The molecule has 128 valence electrons. The van der Waals surface area contributed by atoms with Crippen molar-refractivity contribution < 1.29 is 13.7 Å². The molecular formula is C18H16ClN3O3. The zero-order valence-corrected chi connectivity index (χ0v) is 14.1. The maximum absolute atomic E-state index is 12.5. The Labute approximate surface area is 149 Å². The van der Waals surface area contributed by atoms with E-state index in [1.54, 1.807) is 29.2 Å². The molecule has 7 heteroatoms. The Morgan fingerprint density at radius 3 is 3.00 bits per heavy atom. The smallest absolute Gasteiger partial charge is 0.289 e. The summed E-state index contributed by atoms with van der Waals surface area (Å²) in [4.78, 5) is 18.7. The Kier molecular flexibility index (Phi) is 4.28. The van der Waals surface area contributed by atoms with E-state index in [1.165, 1.54) is 6.26 Å². The van der Waals surface area contributed by atoms with Gasteiger partial charge in [-0.25, -0.2) is 0 Å². The topological polar surface area (TPSA) is 72.4 Å². The highest BCUT2D eigenvalue weighted by Crippen LogP contribution is 2.29. The standard InChI is InChI=1S/C18H16ClN3O3/c19-14-6-1-4-12(10-14)16-20-17(25-21-16)13-5-2-8-22(11-13)18(23)15-7-3-9-24-15/h1,3-4,6-7,9-10,13H,2,5,8,11H2. The van der Waals surface area contributed by atoms with Crippen molar-refractivity contribution in [2.75, 3.05) is 13.1 Å². The van der Waals surface area contributed by atoms with Gasteiger partial charge >= 0.3 is 0 Å². The molecule has 1 amide bonds. The van der Waals surface area contributed by atoms with E-state index in [0.29, 0.717) is 35.6 Å². The molecular weight excluding hydrogens is 342 g/mol. The summed E-state index contributed by atoms with van der Waals surface area (Å²) in [5.74, 6) is 1.32. The highest BCUT2D eigenvalue weighted by molar-refractivity contribution is 6.30. The highest BCUT2D eigenvalue weighted by Gasteiger charge is 2.30. The van der Waals surface area contributed by atoms with Crippen molar-refractivity contribution in [3.63, 3.8) is 0 Å². The lowest BCUT2D eigenvalue weighted by Crippen LogP contribution is -2.39. The summed E-state index contributed by atoms with van der Waals surface area (Å²) in [5, 5.41) is 4.68. The summed E-state index contributed by atoms with van der Waals surface area (Å²) in [7, 11) is 0. The third kappa shape index (κ3) is 3.30. The maximum Gasteiger partial charge on any atom is 0.289 e. The number of piperidine rings is 1. The van der Waals surface area contributed by atoms with E-state index in [1.807, 2.05) is 12.1 Å². The Hall–Kier alpha value is -2.60. The second-order valence-corrected chi connectivity index (χ2v) is 6.47. The number of likely N-dealkylation sites (tertiary alicyclic amines) is 1. The lowest BCUT2D eigenvalue weighted by Gasteiger charge is -2.30. The minimum Gasteiger partial charge on any atom is -0.459 e. The molecule has 0 spiro atoms. The van der Waals surface area contributed by atoms with Gasteiger partial charge in [0, 0.05) is 23.7 Å². The molecule has 1 saturated heterocycles. The van der Waals surface area contributed by atoms with Crippen LogP contribution in [0, 0.1) is 0 Å². The first-order valence-electron chi connectivity index (χ1n) is 8.13. The van der Waals surface area contributed by atoms with E-state index < -0.39 is 0 Å². The molecule has 3 aromatic rings. The normalized spacial score (nSPS) is 17.6. The zero-order valence-electron chi connectivity index (χ0n) is 13.4. The maximum atomic E-state index is 12.5. The molecule has 1 fully saturated rings. The molecule has 0 radical (unpaired) electrons. The second-order valence-electron chi connectivity index (χ2n) is 6.03. The van der Waals surface area contributed by atoms with Crippen molar-refractivity contribution >= 4 is 17.5 Å². The molecule has 0 N–H and O–H groups in total. The zero-order chi connectivity index (χ0) is 17.2. The Morgan fingerprint density at radius 1 is 1.28 bits per heavy atom. The van der Waals surface area contributed by atoms with Gasteiger partial charge in [-0.05, 0) is 37.1 Å². The van der Waals surface area contributed by atoms with E-state index in [9.17, 15) is 4.79 Å². The number of aromatic nitrogens is 2. The number of hydrogen-bond donors (Lipinski definition) is 0. The van der Waals surface area contributed by atoms with Gasteiger partial charge in [0.05, 0.1) is 12.2 Å². The fourth-order valence-corrected chi connectivity index (χ4v) is 3.26. The number of nitrogens with zero attached hydrogens (tertiary/aromatic N) is 3. The van der Waals surface area contributed by atoms with Crippen LogP contribution in [0.5, 0.6) is 0 Å². The predicted molar refractivity (Wildman–Crippen MR) is 91.3 cm³/mol. The summed E-state index contributed by atoms with van der Waals surface area (Å²) in [6, 6.07) is 10.7. The van der Waals surface area contributed by atoms with E-state index >= 15 is 0 Å². The Balaban J connectivity index is 1.51. The molecule has 4 rings (SSSR count). The van der Waals surface area contributed by atoms with Gasteiger partial charge in [0.1, 0.15) is 0 Å². The fraction of sp³-hybridized carbons (Fsp3) is 0.278. The summed E-state index contributed by atoms with van der Waals surface area (Å²) in [6.07, 6.45) is 3.29. The van der Waals surface area contributed by atoms with E-state index in [4.69, 9.17) is 20.5 Å². The van der Waals surface area contributed by atoms with Crippen LogP contribution in [0.2, 0.25) is 5.02 Å². The third-order valence-corrected chi connectivity index (χ3v) is 4.55. The quantitative estimate of drug-likeness (QED) is 0.708. The first kappa shape index (κ1) is 15.9. The van der Waals surface area contributed by atoms with Crippen molar-refractivity contribution in [3.8, 4) is 11.4 Å². The first-order chi connectivity index (χ1) is 12.2. The second kappa shape index (κ2) is 6.72. The molecule has 1 aliphatic rings. The minimum absolute atomic E-state index is 0.0214. The van der Waals surface area contributed by atoms with Gasteiger partial charge in [-0.2, -0.15) is 4.98 Å². The highest BCUT2D eigenvalue weighted by atomic mass is 35.5. The molecule has 0 aliphatic carbocycles. The van der Waals surface area contributed by atoms with Gasteiger partial charge in [-0.15, -0.1) is 0 Å². The van der Waals surface area contributed by atoms with Crippen LogP contribution in [0.4, 0.5) is 0 Å². The molecule has 1 unspecified atom stereocenters. The van der Waals surface area contributed by atoms with Crippen LogP contribution in [0.1, 0.15) is 35.2 Å². The molecule has 25 heavy (non-hydrogen) atoms. The molecule has 6 nitrogen and oxygen atoms in total. The Bertz CT molecular complexity index is 875. The number of carbonyl (C=O) groups excluding carboxylic acids is 1. The van der Waals surface area contributed by atoms with Crippen LogP contribution in [0.25, 0.3) is 11.4 Å². The van der Waals surface area contributed by atoms with Gasteiger partial charge < -0.3 is 13.8 Å². The van der Waals surface area contributed by atoms with Crippen LogP contribution < -0.4 is 0 Å². The molecule has 3 heterocycles. The Morgan fingerprint density at radius 2 is 2.20 bits per heavy atom. The molecule has 0 saturated carbocycles. The number of hydrogen-bond acceptors (Lipinski definition) is 5. The monoisotopic (exact) mass is 357 g/mol. The SMILES string of the molecule is O=C(c1ccco1)N1CCCC(c2nc(-c3cccc(Cl)c3)no2)C1. The predicted octanol–water partition coefficient (Wildman–Crippen LogP) is 4.00. The van der Waals surface area contributed by atoms with Gasteiger partial charge in [-0.3, -0.25) is 4.79 Å². The van der Waals surface area contributed by atoms with Gasteiger partial charge in [0.25, 0.3) is 5.91 Å². The van der Waals surface area contributed by atoms with Crippen molar-refractivity contribution in [3.05, 3.63) is 59.3 Å². The van der Waals surface area contributed by atoms with Crippen molar-refractivity contribution in [1.82, 2.24) is 15.0 Å². The van der Waals surface area contributed by atoms with Gasteiger partial charge in [0.15, 0.2) is 5.76 Å². The third-order valence-electron chi connectivity index (χ3n) is 4.31. The summed E-state index contributed by atoms with van der Waals surface area (Å²) < 4.78 is 10.7. The number of benzene rings is 1. The van der Waals surface area contributed by atoms with Crippen LogP contribution in [-0.4, -0.2) is 34.0 Å². The van der Waals surface area contributed by atoms with Crippen LogP contribution >= 0.6 is 11.6 Å². The molecule has 0 bridgehead atoms. The average Bonchev–Trinajstić information content (AvgIpc) is 3.33. The molecule has 1 atom stereocenters. The van der Waals surface area contributed by atoms with E-state index in [2.05, 4.69) is 10.1 Å². The minimum atomic E-state index is -0.107. The van der Waals surface area contributed by atoms with E-state index in [0.717, 1.165) is 18.4 Å². The largest absolute Gasteiger partial charge is 0.459 e. The lowest BCUT2D eigenvalue weighted by molar-refractivity contribution is 0.0663. The van der Waals surface area contributed by atoms with Crippen LogP contribution in [-0.2, 0) is 0 Å². The summed E-state index contributed by atoms with van der Waals surface area (Å²) in [6.45, 7) is 1.24. The average molecular weight is 358 g/mol. The molecule has 1 aliphatic heterocycles. The van der Waals surface area contributed by atoms with Crippen molar-refractivity contribution in [2.24, 2.45) is 0 Å². The number of rotatable bonds is 3. The number of halogens is 1. The fourth-order valence-electron chi connectivity index (χ4n) is 3.07. The first-order valence-corrected chi connectivity index (χ1v) is 8.51. The van der Waals surface area contributed by atoms with Crippen LogP contribution in [0.15, 0.2) is 51.6 Å². The van der Waals surface area contributed by atoms with Crippen LogP contribution in [0.3, 0.4) is 0 Å². The van der Waals surface area contributed by atoms with Crippen molar-refractivity contribution in [1.29, 1.82) is 0 Å². The number of amides is 1. The molecule has 2 aromatic heterocycles. The summed E-state index contributed by atoms with van der Waals surface area (Å²) in [5.41, 5.74) is 0.807. The van der Waals surface area contributed by atoms with E-state index in [-0.39, 0.29) is 11.8 Å².